The van der Waals surface area contributed by atoms with Gasteiger partial charge < -0.3 is 19.6 Å². The van der Waals surface area contributed by atoms with E-state index in [4.69, 9.17) is 4.74 Å². The van der Waals surface area contributed by atoms with E-state index in [-0.39, 0.29) is 12.0 Å². The van der Waals surface area contributed by atoms with Gasteiger partial charge in [-0.25, -0.2) is 0 Å². The zero-order chi connectivity index (χ0) is 14.4. The largest absolute Gasteiger partial charge is 0.396 e. The Morgan fingerprint density at radius 3 is 2.50 bits per heavy atom. The van der Waals surface area contributed by atoms with Gasteiger partial charge in [0.2, 0.25) is 0 Å². The fraction of sp³-hybridized carbons (Fsp3) is 1.00. The highest BCUT2D eigenvalue weighted by molar-refractivity contribution is 4.89. The van der Waals surface area contributed by atoms with Crippen molar-refractivity contribution in [3.05, 3.63) is 0 Å². The van der Waals surface area contributed by atoms with Gasteiger partial charge in [0.05, 0.1) is 25.2 Å². The molecule has 2 rings (SSSR count). The van der Waals surface area contributed by atoms with Crippen LogP contribution in [0.5, 0.6) is 0 Å². The van der Waals surface area contributed by atoms with E-state index in [1.54, 1.807) is 0 Å². The second-order valence-corrected chi connectivity index (χ2v) is 6.99. The normalized spacial score (nSPS) is 24.0. The molecule has 4 heteroatoms. The lowest BCUT2D eigenvalue weighted by Crippen LogP contribution is -2.54. The van der Waals surface area contributed by atoms with Gasteiger partial charge in [-0.05, 0) is 51.9 Å². The number of rotatable bonds is 8. The van der Waals surface area contributed by atoms with Crippen LogP contribution in [0.25, 0.3) is 0 Å². The van der Waals surface area contributed by atoms with E-state index in [9.17, 15) is 5.11 Å². The summed E-state index contributed by atoms with van der Waals surface area (Å²) in [4.78, 5) is 5.03. The molecule has 0 radical (unpaired) electrons. The Morgan fingerprint density at radius 2 is 2.00 bits per heavy atom. The highest BCUT2D eigenvalue weighted by Gasteiger charge is 2.40. The lowest BCUT2D eigenvalue weighted by atomic mass is 9.85. The second-order valence-electron chi connectivity index (χ2n) is 6.99. The predicted octanol–water partition coefficient (Wildman–Crippen LogP) is 1.44. The van der Waals surface area contributed by atoms with Crippen LogP contribution in [0.2, 0.25) is 0 Å². The molecule has 0 aromatic heterocycles. The minimum atomic E-state index is 0.0464. The van der Waals surface area contributed by atoms with Crippen molar-refractivity contribution in [1.82, 2.24) is 9.80 Å². The van der Waals surface area contributed by atoms with E-state index in [1.807, 2.05) is 0 Å². The number of aliphatic hydroxyl groups is 1. The monoisotopic (exact) mass is 284 g/mol. The molecule has 0 aromatic carbocycles. The van der Waals surface area contributed by atoms with Crippen molar-refractivity contribution in [3.63, 3.8) is 0 Å². The molecule has 2 saturated heterocycles. The summed E-state index contributed by atoms with van der Waals surface area (Å²) in [7, 11) is 2.26. The number of likely N-dealkylation sites (tertiary alicyclic amines) is 1. The van der Waals surface area contributed by atoms with Crippen LogP contribution in [0.4, 0.5) is 0 Å². The minimum Gasteiger partial charge on any atom is -0.396 e. The molecule has 1 N–H and O–H groups in total. The molecule has 0 aromatic rings. The molecular weight excluding hydrogens is 252 g/mol. The van der Waals surface area contributed by atoms with Crippen LogP contribution < -0.4 is 0 Å². The van der Waals surface area contributed by atoms with E-state index in [0.29, 0.717) is 0 Å². The van der Waals surface area contributed by atoms with Gasteiger partial charge in [-0.1, -0.05) is 13.3 Å². The molecule has 2 aliphatic rings. The number of hydrogen-bond acceptors (Lipinski definition) is 4. The molecule has 0 saturated carbocycles. The summed E-state index contributed by atoms with van der Waals surface area (Å²) < 4.78 is 5.29. The van der Waals surface area contributed by atoms with Crippen molar-refractivity contribution in [2.75, 3.05) is 59.6 Å². The summed E-state index contributed by atoms with van der Waals surface area (Å²) >= 11 is 0. The molecule has 0 atom stereocenters. The fourth-order valence-electron chi connectivity index (χ4n) is 3.38. The smallest absolute Gasteiger partial charge is 0.0579 e. The average Bonchev–Trinajstić information content (AvgIpc) is 2.42. The molecule has 2 fully saturated rings. The van der Waals surface area contributed by atoms with E-state index in [2.05, 4.69) is 23.8 Å². The molecule has 0 spiro atoms. The number of nitrogens with zero attached hydrogens (tertiary/aromatic N) is 2. The number of aliphatic hydroxyl groups excluding tert-OH is 1. The first-order chi connectivity index (χ1) is 9.67. The zero-order valence-electron chi connectivity index (χ0n) is 13.3. The van der Waals surface area contributed by atoms with Crippen molar-refractivity contribution in [2.24, 2.45) is 11.3 Å². The summed E-state index contributed by atoms with van der Waals surface area (Å²) in [5.74, 6) is 0.857. The third kappa shape index (κ3) is 4.42. The van der Waals surface area contributed by atoms with Gasteiger partial charge >= 0.3 is 0 Å². The SMILES string of the molecule is CCCCN(C)CC1CCN(CC2(CO)COC2)CC1. The number of unbranched alkanes of at least 4 members (excludes halogenated alkanes) is 1. The maximum absolute atomic E-state index is 9.51. The summed E-state index contributed by atoms with van der Waals surface area (Å²) in [5.41, 5.74) is 0.0464. The van der Waals surface area contributed by atoms with Gasteiger partial charge in [0.1, 0.15) is 0 Å². The summed E-state index contributed by atoms with van der Waals surface area (Å²) in [6.07, 6.45) is 5.21. The second kappa shape index (κ2) is 7.74. The van der Waals surface area contributed by atoms with Crippen LogP contribution in [-0.4, -0.2) is 74.5 Å². The fourth-order valence-corrected chi connectivity index (χ4v) is 3.38. The molecule has 0 aliphatic carbocycles. The van der Waals surface area contributed by atoms with Crippen LogP contribution in [0, 0.1) is 11.3 Å². The van der Waals surface area contributed by atoms with E-state index in [1.165, 1.54) is 51.9 Å². The van der Waals surface area contributed by atoms with Crippen LogP contribution in [-0.2, 0) is 4.74 Å². The summed E-state index contributed by atoms with van der Waals surface area (Å²) in [6, 6.07) is 0. The van der Waals surface area contributed by atoms with Crippen LogP contribution in [0.1, 0.15) is 32.6 Å². The summed E-state index contributed by atoms with van der Waals surface area (Å²) in [5, 5.41) is 9.51. The summed E-state index contributed by atoms with van der Waals surface area (Å²) in [6.45, 7) is 9.89. The first kappa shape index (κ1) is 16.2. The lowest BCUT2D eigenvalue weighted by molar-refractivity contribution is -0.150. The van der Waals surface area contributed by atoms with Crippen LogP contribution in [0.15, 0.2) is 0 Å². The first-order valence-electron chi connectivity index (χ1n) is 8.27. The number of ether oxygens (including phenoxy) is 1. The van der Waals surface area contributed by atoms with Crippen molar-refractivity contribution < 1.29 is 9.84 Å². The quantitative estimate of drug-likeness (QED) is 0.732. The topological polar surface area (TPSA) is 35.9 Å². The first-order valence-corrected chi connectivity index (χ1v) is 8.27. The Kier molecular flexibility index (Phi) is 6.27. The molecule has 118 valence electrons. The Morgan fingerprint density at radius 1 is 1.30 bits per heavy atom. The van der Waals surface area contributed by atoms with E-state index < -0.39 is 0 Å². The standard InChI is InChI=1S/C16H32N2O2/c1-3-4-7-17(2)10-15-5-8-18(9-6-15)11-16(12-19)13-20-14-16/h15,19H,3-14H2,1-2H3. The van der Waals surface area contributed by atoms with Gasteiger partial charge in [0, 0.05) is 13.1 Å². The molecule has 0 unspecified atom stereocenters. The number of piperidine rings is 1. The molecule has 2 heterocycles. The highest BCUT2D eigenvalue weighted by atomic mass is 16.5. The Labute approximate surface area is 124 Å². The van der Waals surface area contributed by atoms with E-state index in [0.717, 1.165) is 25.7 Å². The molecule has 0 amide bonds. The maximum atomic E-state index is 9.51. The molecule has 4 nitrogen and oxygen atoms in total. The van der Waals surface area contributed by atoms with E-state index >= 15 is 0 Å². The Bertz CT molecular complexity index is 268. The maximum Gasteiger partial charge on any atom is 0.0579 e. The highest BCUT2D eigenvalue weighted by Crippen LogP contribution is 2.29. The van der Waals surface area contributed by atoms with Crippen molar-refractivity contribution in [1.29, 1.82) is 0 Å². The van der Waals surface area contributed by atoms with Crippen molar-refractivity contribution in [3.8, 4) is 0 Å². The third-order valence-electron chi connectivity index (χ3n) is 4.88. The van der Waals surface area contributed by atoms with Crippen LogP contribution in [0.3, 0.4) is 0 Å². The minimum absolute atomic E-state index is 0.0464. The zero-order valence-corrected chi connectivity index (χ0v) is 13.3. The van der Waals surface area contributed by atoms with Gasteiger partial charge in [0.25, 0.3) is 0 Å². The number of hydrogen-bond donors (Lipinski definition) is 1. The van der Waals surface area contributed by atoms with Gasteiger partial charge in [0.15, 0.2) is 0 Å². The molecule has 2 aliphatic heterocycles. The average molecular weight is 284 g/mol. The predicted molar refractivity (Wildman–Crippen MR) is 81.9 cm³/mol. The van der Waals surface area contributed by atoms with Crippen molar-refractivity contribution >= 4 is 0 Å². The van der Waals surface area contributed by atoms with Gasteiger partial charge in [-0.2, -0.15) is 0 Å². The molecule has 20 heavy (non-hydrogen) atoms. The third-order valence-corrected chi connectivity index (χ3v) is 4.88. The Hall–Kier alpha value is -0.160. The van der Waals surface area contributed by atoms with Gasteiger partial charge in [-0.15, -0.1) is 0 Å². The lowest BCUT2D eigenvalue weighted by Gasteiger charge is -2.45. The molecular formula is C16H32N2O2. The van der Waals surface area contributed by atoms with Gasteiger partial charge in [-0.3, -0.25) is 0 Å². The van der Waals surface area contributed by atoms with Crippen LogP contribution >= 0.6 is 0 Å². The molecule has 0 bridgehead atoms. The van der Waals surface area contributed by atoms with Crippen molar-refractivity contribution in [2.45, 2.75) is 32.6 Å². The Balaban J connectivity index is 1.64.